The summed E-state index contributed by atoms with van der Waals surface area (Å²) in [6.45, 7) is -0.319. The number of nitrogens with zero attached hydrogens (tertiary/aromatic N) is 1. The van der Waals surface area contributed by atoms with Crippen molar-refractivity contribution in [2.45, 2.75) is 93.8 Å². The monoisotopic (exact) mass is 700 g/mol. The molecule has 0 spiro atoms. The van der Waals surface area contributed by atoms with Crippen LogP contribution in [0, 0.1) is 5.92 Å². The van der Waals surface area contributed by atoms with Crippen molar-refractivity contribution < 1.29 is 84.3 Å². The van der Waals surface area contributed by atoms with E-state index >= 15 is 0 Å². The largest absolute Gasteiger partial charge is 0.544 e. The Labute approximate surface area is 244 Å². The van der Waals surface area contributed by atoms with Crippen molar-refractivity contribution in [3.8, 4) is 0 Å². The van der Waals surface area contributed by atoms with E-state index in [1.54, 1.807) is 0 Å². The van der Waals surface area contributed by atoms with Crippen LogP contribution in [0.25, 0.3) is 0 Å². The third-order valence-electron chi connectivity index (χ3n) is 6.85. The second-order valence-corrected chi connectivity index (χ2v) is 13.1. The molecule has 0 aliphatic carbocycles. The van der Waals surface area contributed by atoms with Gasteiger partial charge >= 0.3 is 24.7 Å². The Morgan fingerprint density at radius 1 is 0.705 bits per heavy atom. The van der Waals surface area contributed by atoms with Crippen LogP contribution in [-0.4, -0.2) is 94.4 Å². The molecule has 21 heteroatoms. The van der Waals surface area contributed by atoms with Gasteiger partial charge in [-0.25, -0.2) is 21.9 Å². The van der Waals surface area contributed by atoms with Crippen LogP contribution in [0.2, 0.25) is 0 Å². The van der Waals surface area contributed by atoms with Crippen molar-refractivity contribution in [3.63, 3.8) is 0 Å². The molecule has 264 valence electrons. The third-order valence-corrected chi connectivity index (χ3v) is 8.32. The van der Waals surface area contributed by atoms with Gasteiger partial charge in [-0.05, 0) is 25.2 Å². The average Bonchev–Trinajstić information content (AvgIpc) is 2.78. The number of nitrogens with one attached hydrogen (secondary N) is 1. The number of aliphatic carboxylic acids is 1. The Balaban J connectivity index is 5.38. The number of carboxylic acids is 1. The van der Waals surface area contributed by atoms with Gasteiger partial charge in [0.15, 0.2) is 0 Å². The number of halogens is 14. The maximum absolute atomic E-state index is 14.3. The van der Waals surface area contributed by atoms with Crippen LogP contribution in [0.15, 0.2) is 0 Å². The number of sulfonamides is 1. The number of likely N-dealkylation sites (N-methyl/N-ethyl adjacent to an activating group) is 1. The van der Waals surface area contributed by atoms with Crippen LogP contribution in [-0.2, 0) is 14.8 Å². The van der Waals surface area contributed by atoms with Gasteiger partial charge in [-0.1, -0.05) is 25.7 Å². The van der Waals surface area contributed by atoms with Crippen LogP contribution < -0.4 is 9.83 Å². The van der Waals surface area contributed by atoms with E-state index in [1.807, 2.05) is 0 Å². The molecule has 0 saturated heterocycles. The highest BCUT2D eigenvalue weighted by molar-refractivity contribution is 7.89. The fraction of sp³-hybridized carbons (Fsp3) is 0.957. The molecule has 1 atom stereocenters. The summed E-state index contributed by atoms with van der Waals surface area (Å²) >= 11 is 0. The molecule has 6 nitrogen and oxygen atoms in total. The number of rotatable bonds is 19. The topological polar surface area (TPSA) is 86.3 Å². The van der Waals surface area contributed by atoms with Crippen molar-refractivity contribution >= 4 is 16.0 Å². The smallest absolute Gasteiger partial charge is 0.431 e. The lowest BCUT2D eigenvalue weighted by molar-refractivity contribution is -0.884. The first-order valence-corrected chi connectivity index (χ1v) is 14.7. The fourth-order valence-corrected chi connectivity index (χ4v) is 5.53. The van der Waals surface area contributed by atoms with Crippen molar-refractivity contribution in [2.24, 2.45) is 5.92 Å². The molecule has 0 fully saturated rings. The molecule has 0 aromatic rings. The van der Waals surface area contributed by atoms with E-state index in [0.29, 0.717) is 0 Å². The second-order valence-electron chi connectivity index (χ2n) is 11.2. The van der Waals surface area contributed by atoms with Crippen LogP contribution in [0.4, 0.5) is 61.5 Å². The van der Waals surface area contributed by atoms with Gasteiger partial charge in [0.1, 0.15) is 6.54 Å². The summed E-state index contributed by atoms with van der Waals surface area (Å²) in [5.74, 6) is -3.98. The second kappa shape index (κ2) is 15.3. The first kappa shape index (κ1) is 42.4. The average molecular weight is 701 g/mol. The highest BCUT2D eigenvalue weighted by Crippen LogP contribution is 2.52. The van der Waals surface area contributed by atoms with Gasteiger partial charge in [0.2, 0.25) is 10.0 Å². The molecule has 1 unspecified atom stereocenters. The number of unbranched alkanes of at least 4 members (excludes halogenated alkanes) is 2. The quantitative estimate of drug-likeness (QED) is 0.109. The molecule has 0 aliphatic rings. The minimum atomic E-state index is -6.49. The minimum absolute atomic E-state index is 0.0455. The van der Waals surface area contributed by atoms with Crippen molar-refractivity contribution in [1.29, 1.82) is 0 Å². The molecule has 1 N–H and O–H groups in total. The lowest BCUT2D eigenvalue weighted by atomic mass is 9.83. The highest BCUT2D eigenvalue weighted by Gasteiger charge is 2.73. The SMILES string of the molecule is C[N+](C)(CCCNS(=O)(=O)CCCCC(CCCCC(F)(C(F)(F)F)C(F)(F)F)CC(F)(C(F)(F)F)C(F)(F)F)CC(=O)[O-]. The Bertz CT molecular complexity index is 980. The van der Waals surface area contributed by atoms with E-state index in [2.05, 4.69) is 4.72 Å². The van der Waals surface area contributed by atoms with Gasteiger partial charge in [0.25, 0.3) is 11.3 Å². The predicted molar refractivity (Wildman–Crippen MR) is 126 cm³/mol. The van der Waals surface area contributed by atoms with Gasteiger partial charge in [-0.2, -0.15) is 52.7 Å². The maximum Gasteiger partial charge on any atom is 0.431 e. The van der Waals surface area contributed by atoms with Crippen LogP contribution >= 0.6 is 0 Å². The number of quaternary nitrogens is 1. The molecule has 0 aliphatic heterocycles. The molecular formula is C23H34F14N2O4S. The summed E-state index contributed by atoms with van der Waals surface area (Å²) in [7, 11) is -0.976. The standard InChI is InChI=1S/C23H34F14N2O4S/c1-39(2,15-17(40)41)12-7-11-38-44(42,43)13-6-4-9-16(14-19(25,22(32,33)34)23(35,36)37)8-3-5-10-18(24,20(26,27)28)21(29,30)31/h16,38H,3-15H2,1-2H3. The summed E-state index contributed by atoms with van der Waals surface area (Å²) in [6.07, 6.45) is -34.9. The first-order chi connectivity index (χ1) is 19.4. The van der Waals surface area contributed by atoms with Crippen LogP contribution in [0.3, 0.4) is 0 Å². The predicted octanol–water partition coefficient (Wildman–Crippen LogP) is 5.53. The zero-order valence-corrected chi connectivity index (χ0v) is 24.4. The van der Waals surface area contributed by atoms with Gasteiger partial charge in [0, 0.05) is 19.4 Å². The fourth-order valence-electron chi connectivity index (χ4n) is 4.34. The zero-order chi connectivity index (χ0) is 35.1. The Hall–Kier alpha value is -1.64. The summed E-state index contributed by atoms with van der Waals surface area (Å²) in [5.41, 5.74) is -11.5. The molecule has 0 amide bonds. The zero-order valence-electron chi connectivity index (χ0n) is 23.5. The van der Waals surface area contributed by atoms with E-state index in [1.165, 1.54) is 14.1 Å². The summed E-state index contributed by atoms with van der Waals surface area (Å²) < 4.78 is 209. The highest BCUT2D eigenvalue weighted by atomic mass is 32.2. The van der Waals surface area contributed by atoms with E-state index in [4.69, 9.17) is 0 Å². The van der Waals surface area contributed by atoms with Gasteiger partial charge < -0.3 is 14.4 Å². The molecular weight excluding hydrogens is 666 g/mol. The molecule has 0 heterocycles. The van der Waals surface area contributed by atoms with E-state index < -0.39 is 109 Å². The molecule has 44 heavy (non-hydrogen) atoms. The number of carbonyl (C=O) groups excluding carboxylic acids is 1. The summed E-state index contributed by atoms with van der Waals surface area (Å²) in [6, 6.07) is 0. The number of carbonyl (C=O) groups is 1. The molecule has 0 rings (SSSR count). The van der Waals surface area contributed by atoms with Crippen molar-refractivity contribution in [3.05, 3.63) is 0 Å². The molecule has 0 aromatic heterocycles. The number of hydrogen-bond donors (Lipinski definition) is 1. The Morgan fingerprint density at radius 3 is 1.55 bits per heavy atom. The van der Waals surface area contributed by atoms with Gasteiger partial charge in [0.05, 0.1) is 32.4 Å². The van der Waals surface area contributed by atoms with Gasteiger partial charge in [-0.3, -0.25) is 0 Å². The lowest BCUT2D eigenvalue weighted by Crippen LogP contribution is -2.54. The molecule has 0 radical (unpaired) electrons. The number of carboxylic acid groups (broad SMARTS) is 1. The van der Waals surface area contributed by atoms with Gasteiger partial charge in [-0.15, -0.1) is 0 Å². The van der Waals surface area contributed by atoms with Crippen molar-refractivity contribution in [2.75, 3.05) is 39.5 Å². The first-order valence-electron chi connectivity index (χ1n) is 13.0. The molecule has 0 bridgehead atoms. The van der Waals surface area contributed by atoms with Crippen LogP contribution in [0.5, 0.6) is 0 Å². The summed E-state index contributed by atoms with van der Waals surface area (Å²) in [4.78, 5) is 10.7. The van der Waals surface area contributed by atoms with Crippen molar-refractivity contribution in [1.82, 2.24) is 4.72 Å². The number of hydrogen-bond acceptors (Lipinski definition) is 4. The van der Waals surface area contributed by atoms with E-state index in [-0.39, 0.29) is 37.0 Å². The third kappa shape index (κ3) is 13.0. The maximum atomic E-state index is 14.3. The Morgan fingerprint density at radius 2 is 1.14 bits per heavy atom. The normalized spacial score (nSPS) is 15.5. The van der Waals surface area contributed by atoms with E-state index in [9.17, 15) is 79.8 Å². The molecule has 0 saturated carbocycles. The lowest BCUT2D eigenvalue weighted by Gasteiger charge is -2.33. The van der Waals surface area contributed by atoms with Crippen LogP contribution in [0.1, 0.15) is 57.8 Å². The van der Waals surface area contributed by atoms with E-state index in [0.717, 1.165) is 0 Å². The summed E-state index contributed by atoms with van der Waals surface area (Å²) in [5, 5.41) is 10.7. The number of alkyl halides is 14. The molecule has 0 aromatic carbocycles. The Kier molecular flexibility index (Phi) is 14.7. The minimum Gasteiger partial charge on any atom is -0.544 e.